The van der Waals surface area contributed by atoms with E-state index in [2.05, 4.69) is 106 Å². The summed E-state index contributed by atoms with van der Waals surface area (Å²) < 4.78 is 0. The Balaban J connectivity index is 0.000000461. The molecule has 2 unspecified atom stereocenters. The largest absolute Gasteiger partial charge is 0.355 e. The second-order valence-electron chi connectivity index (χ2n) is 13.3. The van der Waals surface area contributed by atoms with E-state index >= 15 is 0 Å². The molecule has 2 atom stereocenters. The summed E-state index contributed by atoms with van der Waals surface area (Å²) in [5.41, 5.74) is 8.42. The highest BCUT2D eigenvalue weighted by Crippen LogP contribution is 2.36. The summed E-state index contributed by atoms with van der Waals surface area (Å²) in [6.07, 6.45) is 7.01. The van der Waals surface area contributed by atoms with Crippen molar-refractivity contribution >= 4 is 17.6 Å². The maximum atomic E-state index is 4.77. The first-order valence-corrected chi connectivity index (χ1v) is 17.9. The van der Waals surface area contributed by atoms with Crippen molar-refractivity contribution in [2.45, 2.75) is 92.5 Å². The van der Waals surface area contributed by atoms with Gasteiger partial charge in [-0.1, -0.05) is 58.7 Å². The van der Waals surface area contributed by atoms with Gasteiger partial charge >= 0.3 is 0 Å². The molecule has 3 aliphatic heterocycles. The minimum Gasteiger partial charge on any atom is -0.355 e. The summed E-state index contributed by atoms with van der Waals surface area (Å²) in [6.45, 7) is 28.1. The molecule has 3 saturated heterocycles. The minimum absolute atomic E-state index is 0.396. The van der Waals surface area contributed by atoms with Crippen LogP contribution >= 0.6 is 11.8 Å². The van der Waals surface area contributed by atoms with Crippen LogP contribution in [0.1, 0.15) is 92.8 Å². The van der Waals surface area contributed by atoms with Crippen LogP contribution in [0.2, 0.25) is 0 Å². The van der Waals surface area contributed by atoms with E-state index in [4.69, 9.17) is 4.98 Å². The molecule has 0 aliphatic carbocycles. The molecular weight excluding hydrogens is 559 g/mol. The molecule has 242 valence electrons. The lowest BCUT2D eigenvalue weighted by molar-refractivity contribution is 0.0957. The molecule has 0 radical (unpaired) electrons. The van der Waals surface area contributed by atoms with Gasteiger partial charge in [0, 0.05) is 67.4 Å². The van der Waals surface area contributed by atoms with Crippen molar-refractivity contribution in [3.8, 4) is 11.8 Å². The van der Waals surface area contributed by atoms with Gasteiger partial charge < -0.3 is 9.80 Å². The molecule has 3 fully saturated rings. The standard InChI is InChI=1S/C28H41N5S.C5H12.C5H6/c1-19-12-23(24-15-33(16-24)25-6-7-31(5)17-25)13-20(2)26(19)14-21(3)27-22(4)29-18-30-28(27)32-8-10-34-11-9-32;1-4-5(2)3;1-3-5-4-2/h12-13,18,21,24-25H,6-11,14-17H2,1-5H3;5H,4H2,1-3H3;3H,1H2,2H3. The first-order chi connectivity index (χ1) is 21.1. The van der Waals surface area contributed by atoms with E-state index < -0.39 is 0 Å². The predicted octanol–water partition coefficient (Wildman–Crippen LogP) is 7.65. The van der Waals surface area contributed by atoms with Gasteiger partial charge in [0.15, 0.2) is 0 Å². The Morgan fingerprint density at radius 2 is 1.66 bits per heavy atom. The average molecular weight is 618 g/mol. The summed E-state index contributed by atoms with van der Waals surface area (Å²) in [7, 11) is 2.25. The number of benzene rings is 1. The van der Waals surface area contributed by atoms with E-state index in [9.17, 15) is 0 Å². The monoisotopic (exact) mass is 617 g/mol. The van der Waals surface area contributed by atoms with E-state index in [1.54, 1.807) is 24.9 Å². The van der Waals surface area contributed by atoms with Crippen LogP contribution in [0.15, 0.2) is 31.1 Å². The van der Waals surface area contributed by atoms with Crippen molar-refractivity contribution in [3.63, 3.8) is 0 Å². The molecule has 0 N–H and O–H groups in total. The summed E-state index contributed by atoms with van der Waals surface area (Å²) in [5.74, 6) is 10.8. The van der Waals surface area contributed by atoms with Crippen LogP contribution in [-0.2, 0) is 6.42 Å². The van der Waals surface area contributed by atoms with E-state index in [1.165, 1.54) is 78.6 Å². The first kappa shape index (κ1) is 36.1. The number of allylic oxidation sites excluding steroid dienone is 1. The number of thioether (sulfide) groups is 1. The van der Waals surface area contributed by atoms with E-state index in [0.29, 0.717) is 11.8 Å². The van der Waals surface area contributed by atoms with Crippen molar-refractivity contribution < 1.29 is 0 Å². The lowest BCUT2D eigenvalue weighted by Crippen LogP contribution is -2.51. The van der Waals surface area contributed by atoms with Crippen LogP contribution < -0.4 is 4.90 Å². The normalized spacial score (nSPS) is 19.6. The van der Waals surface area contributed by atoms with Crippen LogP contribution in [0, 0.1) is 38.5 Å². The molecule has 0 saturated carbocycles. The molecule has 1 aromatic heterocycles. The van der Waals surface area contributed by atoms with Gasteiger partial charge in [0.1, 0.15) is 12.1 Å². The predicted molar refractivity (Wildman–Crippen MR) is 193 cm³/mol. The summed E-state index contributed by atoms with van der Waals surface area (Å²) in [5, 5.41) is 0. The topological polar surface area (TPSA) is 35.5 Å². The third kappa shape index (κ3) is 10.1. The Morgan fingerprint density at radius 3 is 2.16 bits per heavy atom. The van der Waals surface area contributed by atoms with E-state index in [-0.39, 0.29) is 0 Å². The van der Waals surface area contributed by atoms with Crippen molar-refractivity contribution in [3.05, 3.63) is 64.6 Å². The van der Waals surface area contributed by atoms with Crippen molar-refractivity contribution in [1.82, 2.24) is 19.8 Å². The summed E-state index contributed by atoms with van der Waals surface area (Å²) >= 11 is 2.05. The average Bonchev–Trinajstić information content (AvgIpc) is 3.41. The molecule has 0 amide bonds. The second kappa shape index (κ2) is 18.0. The van der Waals surface area contributed by atoms with Crippen LogP contribution in [0.4, 0.5) is 5.82 Å². The van der Waals surface area contributed by atoms with Crippen LogP contribution in [0.3, 0.4) is 0 Å². The molecule has 5 rings (SSSR count). The number of rotatable bonds is 7. The number of aromatic nitrogens is 2. The number of likely N-dealkylation sites (N-methyl/N-ethyl adjacent to an activating group) is 1. The van der Waals surface area contributed by atoms with Crippen molar-refractivity contribution in [2.75, 3.05) is 62.7 Å². The minimum atomic E-state index is 0.396. The fourth-order valence-electron chi connectivity index (χ4n) is 6.40. The maximum Gasteiger partial charge on any atom is 0.135 e. The van der Waals surface area contributed by atoms with Crippen LogP contribution in [0.5, 0.6) is 0 Å². The Hall–Kier alpha value is -2.33. The van der Waals surface area contributed by atoms with E-state index in [0.717, 1.165) is 37.2 Å². The lowest BCUT2D eigenvalue weighted by atomic mass is 9.83. The number of hydrogen-bond donors (Lipinski definition) is 0. The van der Waals surface area contributed by atoms with Crippen LogP contribution in [-0.4, -0.2) is 83.6 Å². The molecule has 5 nitrogen and oxygen atoms in total. The summed E-state index contributed by atoms with van der Waals surface area (Å²) in [6, 6.07) is 5.73. The molecule has 3 aliphatic rings. The molecule has 2 aromatic rings. The molecule has 0 spiro atoms. The quantitative estimate of drug-likeness (QED) is 0.297. The zero-order chi connectivity index (χ0) is 32.2. The highest BCUT2D eigenvalue weighted by atomic mass is 32.2. The number of aryl methyl sites for hydroxylation is 3. The fraction of sp³-hybridized carbons (Fsp3) is 0.632. The molecule has 6 heteroatoms. The zero-order valence-electron chi connectivity index (χ0n) is 29.2. The van der Waals surface area contributed by atoms with Gasteiger partial charge in [0.2, 0.25) is 0 Å². The SMILES string of the molecule is C=CC#CC.CCC(C)C.Cc1cc(C2CN(C3CCN(C)C3)C2)cc(C)c1CC(C)c1c(C)ncnc1N1CCSCC1. The van der Waals surface area contributed by atoms with E-state index in [1.807, 2.05) is 11.8 Å². The molecule has 0 bridgehead atoms. The van der Waals surface area contributed by atoms with Gasteiger partial charge in [-0.05, 0) is 94.3 Å². The third-order valence-corrected chi connectivity index (χ3v) is 10.4. The van der Waals surface area contributed by atoms with Crippen molar-refractivity contribution in [2.24, 2.45) is 5.92 Å². The Bertz CT molecular complexity index is 1230. The number of likely N-dealkylation sites (tertiary alicyclic amines) is 2. The first-order valence-electron chi connectivity index (χ1n) is 16.8. The molecule has 44 heavy (non-hydrogen) atoms. The summed E-state index contributed by atoms with van der Waals surface area (Å²) in [4.78, 5) is 17.0. The third-order valence-electron chi connectivity index (χ3n) is 9.42. The second-order valence-corrected chi connectivity index (χ2v) is 14.5. The Morgan fingerprint density at radius 1 is 1.02 bits per heavy atom. The molecule has 4 heterocycles. The van der Waals surface area contributed by atoms with Gasteiger partial charge in [0.25, 0.3) is 0 Å². The lowest BCUT2D eigenvalue weighted by Gasteiger charge is -2.43. The van der Waals surface area contributed by atoms with Gasteiger partial charge in [0.05, 0.1) is 0 Å². The number of anilines is 1. The number of hydrogen-bond acceptors (Lipinski definition) is 6. The fourth-order valence-corrected chi connectivity index (χ4v) is 7.30. The zero-order valence-corrected chi connectivity index (χ0v) is 30.1. The maximum absolute atomic E-state index is 4.77. The smallest absolute Gasteiger partial charge is 0.135 e. The molecule has 1 aromatic carbocycles. The Kier molecular flexibility index (Phi) is 14.8. The number of nitrogens with zero attached hydrogens (tertiary/aromatic N) is 5. The van der Waals surface area contributed by atoms with Crippen molar-refractivity contribution in [1.29, 1.82) is 0 Å². The van der Waals surface area contributed by atoms with Crippen LogP contribution in [0.25, 0.3) is 0 Å². The molecular formula is C38H59N5S. The van der Waals surface area contributed by atoms with Gasteiger partial charge in [-0.25, -0.2) is 9.97 Å². The highest BCUT2D eigenvalue weighted by molar-refractivity contribution is 7.99. The Labute approximate surface area is 274 Å². The van der Waals surface area contributed by atoms with Gasteiger partial charge in [-0.3, -0.25) is 4.90 Å². The van der Waals surface area contributed by atoms with Gasteiger partial charge in [-0.2, -0.15) is 11.8 Å². The van der Waals surface area contributed by atoms with Gasteiger partial charge in [-0.15, -0.1) is 5.92 Å². The highest BCUT2D eigenvalue weighted by Gasteiger charge is 2.36.